The molecule has 0 atom stereocenters. The number of hydrogen-bond acceptors (Lipinski definition) is 3. The summed E-state index contributed by atoms with van der Waals surface area (Å²) in [5.74, 6) is -1.38. The van der Waals surface area contributed by atoms with E-state index in [2.05, 4.69) is 26.1 Å². The van der Waals surface area contributed by atoms with Crippen molar-refractivity contribution in [1.82, 2.24) is 5.32 Å². The number of rotatable bonds is 6. The highest BCUT2D eigenvalue weighted by atomic mass is 19.1. The predicted molar refractivity (Wildman–Crippen MR) is 92.7 cm³/mol. The van der Waals surface area contributed by atoms with Crippen LogP contribution in [0.25, 0.3) is 6.08 Å². The molecule has 0 radical (unpaired) electrons. The molecule has 5 heteroatoms. The first-order chi connectivity index (χ1) is 11.0. The van der Waals surface area contributed by atoms with Gasteiger partial charge in [0.2, 0.25) is 0 Å². The highest BCUT2D eigenvalue weighted by Crippen LogP contribution is 2.26. The average molecular weight is 335 g/mol. The van der Waals surface area contributed by atoms with Crippen molar-refractivity contribution in [1.29, 1.82) is 0 Å². The number of nitrogens with one attached hydrogen (secondary N) is 1. The minimum Gasteiger partial charge on any atom is -0.452 e. The number of benzene rings is 1. The van der Waals surface area contributed by atoms with E-state index < -0.39 is 5.97 Å². The second-order valence-corrected chi connectivity index (χ2v) is 7.67. The van der Waals surface area contributed by atoms with Gasteiger partial charge in [0, 0.05) is 11.6 Å². The van der Waals surface area contributed by atoms with Crippen LogP contribution in [0.4, 0.5) is 4.39 Å². The van der Waals surface area contributed by atoms with Crippen molar-refractivity contribution in [3.05, 3.63) is 41.7 Å². The van der Waals surface area contributed by atoms with Crippen LogP contribution in [0.3, 0.4) is 0 Å². The molecule has 0 aliphatic heterocycles. The molecule has 24 heavy (non-hydrogen) atoms. The molecule has 0 fully saturated rings. The number of carbonyl (C=O) groups excluding carboxylic acids is 2. The molecule has 0 bridgehead atoms. The first-order valence-electron chi connectivity index (χ1n) is 7.88. The Balaban J connectivity index is 2.45. The Labute approximate surface area is 143 Å². The van der Waals surface area contributed by atoms with Crippen molar-refractivity contribution in [2.45, 2.75) is 46.6 Å². The van der Waals surface area contributed by atoms with Crippen molar-refractivity contribution >= 4 is 18.0 Å². The smallest absolute Gasteiger partial charge is 0.331 e. The van der Waals surface area contributed by atoms with Gasteiger partial charge in [-0.15, -0.1) is 0 Å². The molecule has 1 N–H and O–H groups in total. The molecule has 4 nitrogen and oxygen atoms in total. The predicted octanol–water partition coefficient (Wildman–Crippen LogP) is 3.71. The summed E-state index contributed by atoms with van der Waals surface area (Å²) in [5, 5.41) is 2.86. The summed E-state index contributed by atoms with van der Waals surface area (Å²) in [6.07, 6.45) is 3.40. The minimum atomic E-state index is -0.650. The first kappa shape index (κ1) is 19.9. The van der Waals surface area contributed by atoms with Gasteiger partial charge in [-0.2, -0.15) is 0 Å². The highest BCUT2D eigenvalue weighted by molar-refractivity contribution is 5.89. The average Bonchev–Trinajstić information content (AvgIpc) is 2.39. The molecule has 0 aliphatic rings. The third-order valence-electron chi connectivity index (χ3n) is 3.06. The van der Waals surface area contributed by atoms with E-state index in [1.54, 1.807) is 12.1 Å². The van der Waals surface area contributed by atoms with Gasteiger partial charge < -0.3 is 10.1 Å². The molecule has 1 amide bonds. The van der Waals surface area contributed by atoms with E-state index in [9.17, 15) is 14.0 Å². The Hall–Kier alpha value is -2.17. The summed E-state index contributed by atoms with van der Waals surface area (Å²) in [4.78, 5) is 23.5. The van der Waals surface area contributed by atoms with E-state index in [-0.39, 0.29) is 29.3 Å². The second-order valence-electron chi connectivity index (χ2n) is 7.67. The quantitative estimate of drug-likeness (QED) is 0.637. The zero-order valence-corrected chi connectivity index (χ0v) is 15.0. The fraction of sp³-hybridized carbons (Fsp3) is 0.474. The van der Waals surface area contributed by atoms with Crippen LogP contribution < -0.4 is 5.32 Å². The molecule has 1 aromatic carbocycles. The van der Waals surface area contributed by atoms with Crippen molar-refractivity contribution in [2.75, 3.05) is 6.61 Å². The number of halogens is 1. The Morgan fingerprint density at radius 3 is 2.46 bits per heavy atom. The van der Waals surface area contributed by atoms with E-state index >= 15 is 0 Å². The van der Waals surface area contributed by atoms with Gasteiger partial charge in [-0.3, -0.25) is 4.79 Å². The normalized spacial score (nSPS) is 12.2. The summed E-state index contributed by atoms with van der Waals surface area (Å²) >= 11 is 0. The maximum atomic E-state index is 13.0. The summed E-state index contributed by atoms with van der Waals surface area (Å²) in [6.45, 7) is 9.80. The van der Waals surface area contributed by atoms with Crippen LogP contribution in [0.2, 0.25) is 0 Å². The van der Waals surface area contributed by atoms with Crippen molar-refractivity contribution < 1.29 is 18.7 Å². The zero-order valence-electron chi connectivity index (χ0n) is 15.0. The SMILES string of the molecule is CC(C)(C)CC(C)(C)NC(=O)COC(=O)/C=C/c1cccc(F)c1. The first-order valence-corrected chi connectivity index (χ1v) is 7.88. The molecule has 0 spiro atoms. The van der Waals surface area contributed by atoms with Crippen LogP contribution in [0.5, 0.6) is 0 Å². The molecular weight excluding hydrogens is 309 g/mol. The molecule has 0 heterocycles. The van der Waals surface area contributed by atoms with Gasteiger partial charge in [0.1, 0.15) is 5.82 Å². The molecule has 0 saturated carbocycles. The van der Waals surface area contributed by atoms with Crippen LogP contribution in [0, 0.1) is 11.2 Å². The minimum absolute atomic E-state index is 0.0706. The van der Waals surface area contributed by atoms with Crippen molar-refractivity contribution in [3.63, 3.8) is 0 Å². The van der Waals surface area contributed by atoms with Gasteiger partial charge in [0.15, 0.2) is 6.61 Å². The molecule has 1 rings (SSSR count). The lowest BCUT2D eigenvalue weighted by molar-refractivity contribution is -0.144. The van der Waals surface area contributed by atoms with Crippen LogP contribution in [-0.4, -0.2) is 24.0 Å². The number of esters is 1. The number of ether oxygens (including phenoxy) is 1. The molecule has 0 aromatic heterocycles. The third kappa shape index (κ3) is 8.46. The topological polar surface area (TPSA) is 55.4 Å². The van der Waals surface area contributed by atoms with Crippen LogP contribution in [0.1, 0.15) is 46.6 Å². The van der Waals surface area contributed by atoms with Gasteiger partial charge in [-0.25, -0.2) is 9.18 Å². The van der Waals surface area contributed by atoms with E-state index in [0.717, 1.165) is 6.42 Å². The highest BCUT2D eigenvalue weighted by Gasteiger charge is 2.27. The Kier molecular flexibility index (Phi) is 6.70. The lowest BCUT2D eigenvalue weighted by Crippen LogP contribution is -2.47. The Morgan fingerprint density at radius 2 is 1.88 bits per heavy atom. The third-order valence-corrected chi connectivity index (χ3v) is 3.06. The number of hydrogen-bond donors (Lipinski definition) is 1. The van der Waals surface area contributed by atoms with Gasteiger partial charge in [-0.1, -0.05) is 32.9 Å². The molecular formula is C19H26FNO3. The number of carbonyl (C=O) groups is 2. The van der Waals surface area contributed by atoms with Crippen LogP contribution >= 0.6 is 0 Å². The van der Waals surface area contributed by atoms with Gasteiger partial charge >= 0.3 is 5.97 Å². The maximum absolute atomic E-state index is 13.0. The van der Waals surface area contributed by atoms with E-state index in [0.29, 0.717) is 5.56 Å². The Morgan fingerprint density at radius 1 is 1.21 bits per heavy atom. The summed E-state index contributed by atoms with van der Waals surface area (Å²) < 4.78 is 17.9. The lowest BCUT2D eigenvalue weighted by atomic mass is 9.82. The van der Waals surface area contributed by atoms with E-state index in [1.807, 2.05) is 13.8 Å². The maximum Gasteiger partial charge on any atom is 0.331 e. The van der Waals surface area contributed by atoms with E-state index in [4.69, 9.17) is 4.74 Å². The standard InChI is InChI=1S/C19H26FNO3/c1-18(2,3)13-19(4,5)21-16(22)12-24-17(23)10-9-14-7-6-8-15(20)11-14/h6-11H,12-13H2,1-5H3,(H,21,22)/b10-9+. The summed E-state index contributed by atoms with van der Waals surface area (Å²) in [6, 6.07) is 5.82. The molecule has 0 aliphatic carbocycles. The van der Waals surface area contributed by atoms with Crippen molar-refractivity contribution in [2.24, 2.45) is 5.41 Å². The van der Waals surface area contributed by atoms with Gasteiger partial charge in [0.25, 0.3) is 5.91 Å². The molecule has 0 saturated heterocycles. The van der Waals surface area contributed by atoms with Gasteiger partial charge in [0.05, 0.1) is 0 Å². The van der Waals surface area contributed by atoms with Crippen molar-refractivity contribution in [3.8, 4) is 0 Å². The summed E-state index contributed by atoms with van der Waals surface area (Å²) in [5.41, 5.74) is 0.225. The lowest BCUT2D eigenvalue weighted by Gasteiger charge is -2.33. The fourth-order valence-electron chi connectivity index (χ4n) is 2.74. The molecule has 0 unspecified atom stereocenters. The summed E-state index contributed by atoms with van der Waals surface area (Å²) in [7, 11) is 0. The van der Waals surface area contributed by atoms with Crippen LogP contribution in [-0.2, 0) is 14.3 Å². The van der Waals surface area contributed by atoms with Gasteiger partial charge in [-0.05, 0) is 49.5 Å². The van der Waals surface area contributed by atoms with Crippen LogP contribution in [0.15, 0.2) is 30.3 Å². The van der Waals surface area contributed by atoms with E-state index in [1.165, 1.54) is 24.3 Å². The fourth-order valence-corrected chi connectivity index (χ4v) is 2.74. The Bertz CT molecular complexity index is 615. The second kappa shape index (κ2) is 8.08. The largest absolute Gasteiger partial charge is 0.452 e. The zero-order chi connectivity index (χ0) is 18.4. The molecule has 1 aromatic rings. The molecule has 132 valence electrons. The number of amides is 1. The monoisotopic (exact) mass is 335 g/mol.